The summed E-state index contributed by atoms with van der Waals surface area (Å²) in [6.45, 7) is 6.45. The zero-order valence-corrected chi connectivity index (χ0v) is 20.6. The van der Waals surface area contributed by atoms with Crippen molar-refractivity contribution in [1.82, 2.24) is 14.7 Å². The van der Waals surface area contributed by atoms with E-state index in [1.54, 1.807) is 6.08 Å². The predicted molar refractivity (Wildman–Crippen MR) is 129 cm³/mol. The van der Waals surface area contributed by atoms with E-state index in [0.717, 1.165) is 89.8 Å². The maximum Gasteiger partial charge on any atom is 0.409 e. The van der Waals surface area contributed by atoms with E-state index in [4.69, 9.17) is 4.74 Å². The summed E-state index contributed by atoms with van der Waals surface area (Å²) >= 11 is 0. The molecule has 0 N–H and O–H groups in total. The second-order valence-electron chi connectivity index (χ2n) is 10.9. The molecule has 5 aliphatic rings. The van der Waals surface area contributed by atoms with Gasteiger partial charge < -0.3 is 19.4 Å². The molecule has 0 bridgehead atoms. The maximum atomic E-state index is 14.5. The number of carbonyl (C=O) groups is 2. The van der Waals surface area contributed by atoms with Crippen LogP contribution >= 0.6 is 0 Å². The van der Waals surface area contributed by atoms with Gasteiger partial charge in [0.15, 0.2) is 0 Å². The summed E-state index contributed by atoms with van der Waals surface area (Å²) in [4.78, 5) is 32.0. The van der Waals surface area contributed by atoms with Crippen LogP contribution in [0.15, 0.2) is 23.4 Å². The third-order valence-corrected chi connectivity index (χ3v) is 9.05. The normalized spacial score (nSPS) is 28.5. The Balaban J connectivity index is 1.24. The SMILES string of the molecule is CCOC(=O)N1CCC(N2CCC3(CC2)CN(C(=O)C2CCCCC2)C2=C3CC(F)C=C2)CC1. The number of amides is 2. The van der Waals surface area contributed by atoms with Crippen LogP contribution in [0.25, 0.3) is 0 Å². The summed E-state index contributed by atoms with van der Waals surface area (Å²) in [5, 5.41) is 0. The predicted octanol–water partition coefficient (Wildman–Crippen LogP) is 4.66. The molecule has 2 amide bonds. The number of fused-ring (bicyclic) bond motifs is 1. The number of halogens is 1. The van der Waals surface area contributed by atoms with Crippen molar-refractivity contribution >= 4 is 12.0 Å². The molecule has 2 saturated heterocycles. The van der Waals surface area contributed by atoms with Gasteiger partial charge in [-0.2, -0.15) is 0 Å². The fraction of sp³-hybridized carbons (Fsp3) is 0.778. The molecule has 6 nitrogen and oxygen atoms in total. The van der Waals surface area contributed by atoms with Crippen molar-refractivity contribution in [3.63, 3.8) is 0 Å². The average Bonchev–Trinajstić information content (AvgIpc) is 3.18. The molecule has 0 aromatic carbocycles. The topological polar surface area (TPSA) is 53.1 Å². The molecule has 0 aromatic rings. The van der Waals surface area contributed by atoms with Crippen LogP contribution in [-0.2, 0) is 9.53 Å². The van der Waals surface area contributed by atoms with Gasteiger partial charge in [0.2, 0.25) is 5.91 Å². The lowest BCUT2D eigenvalue weighted by Gasteiger charge is -2.46. The van der Waals surface area contributed by atoms with E-state index in [1.807, 2.05) is 22.8 Å². The van der Waals surface area contributed by atoms with Crippen LogP contribution < -0.4 is 0 Å². The Hall–Kier alpha value is -1.89. The Morgan fingerprint density at radius 2 is 1.76 bits per heavy atom. The summed E-state index contributed by atoms with van der Waals surface area (Å²) in [5.41, 5.74) is 2.14. The van der Waals surface area contributed by atoms with Gasteiger partial charge in [-0.3, -0.25) is 4.79 Å². The number of hydrogen-bond donors (Lipinski definition) is 0. The first-order chi connectivity index (χ1) is 16.5. The lowest BCUT2D eigenvalue weighted by Crippen LogP contribution is -2.52. The van der Waals surface area contributed by atoms with Crippen molar-refractivity contribution in [2.45, 2.75) is 83.3 Å². The number of alkyl halides is 1. The molecule has 1 unspecified atom stereocenters. The molecule has 188 valence electrons. The Bertz CT molecular complexity index is 834. The molecule has 1 spiro atoms. The second kappa shape index (κ2) is 10.00. The average molecular weight is 474 g/mol. The van der Waals surface area contributed by atoms with Crippen molar-refractivity contribution in [3.05, 3.63) is 23.4 Å². The molecular weight excluding hydrogens is 433 g/mol. The minimum atomic E-state index is -0.939. The number of ether oxygens (including phenoxy) is 1. The highest BCUT2D eigenvalue weighted by Gasteiger charge is 2.50. The molecular formula is C27H40FN3O3. The smallest absolute Gasteiger partial charge is 0.409 e. The molecule has 5 rings (SSSR count). The Kier molecular flexibility index (Phi) is 7.01. The minimum Gasteiger partial charge on any atom is -0.450 e. The van der Waals surface area contributed by atoms with Crippen LogP contribution in [0.5, 0.6) is 0 Å². The number of likely N-dealkylation sites (tertiary alicyclic amines) is 2. The largest absolute Gasteiger partial charge is 0.450 e. The van der Waals surface area contributed by atoms with Gasteiger partial charge in [-0.1, -0.05) is 19.3 Å². The second-order valence-corrected chi connectivity index (χ2v) is 10.9. The summed E-state index contributed by atoms with van der Waals surface area (Å²) in [6, 6.07) is 0.484. The number of allylic oxidation sites excluding steroid dienone is 2. The molecule has 3 heterocycles. The van der Waals surface area contributed by atoms with Gasteiger partial charge >= 0.3 is 6.09 Å². The van der Waals surface area contributed by atoms with E-state index in [-0.39, 0.29) is 23.3 Å². The number of nitrogens with zero attached hydrogens (tertiary/aromatic N) is 3. The van der Waals surface area contributed by atoms with Crippen molar-refractivity contribution in [2.24, 2.45) is 11.3 Å². The van der Waals surface area contributed by atoms with Crippen molar-refractivity contribution in [1.29, 1.82) is 0 Å². The van der Waals surface area contributed by atoms with Gasteiger partial charge in [0.05, 0.1) is 6.61 Å². The lowest BCUT2D eigenvalue weighted by atomic mass is 9.71. The summed E-state index contributed by atoms with van der Waals surface area (Å²) in [7, 11) is 0. The highest BCUT2D eigenvalue weighted by atomic mass is 19.1. The fourth-order valence-electron chi connectivity index (χ4n) is 7.06. The Morgan fingerprint density at radius 3 is 2.44 bits per heavy atom. The standard InChI is InChI=1S/C27H40FN3O3/c1-2-34-26(33)30-14-10-22(11-15-30)29-16-12-27(13-17-29)19-31(24-9-8-21(28)18-23(24)27)25(32)20-6-4-3-5-7-20/h8-9,20-22H,2-7,10-19H2,1H3. The minimum absolute atomic E-state index is 0.0725. The van der Waals surface area contributed by atoms with Crippen LogP contribution in [-0.4, -0.2) is 78.2 Å². The van der Waals surface area contributed by atoms with E-state index in [1.165, 1.54) is 12.0 Å². The number of carbonyl (C=O) groups excluding carboxylic acids is 2. The van der Waals surface area contributed by atoms with Gasteiger partial charge in [0.1, 0.15) is 6.17 Å². The molecule has 3 aliphatic heterocycles. The van der Waals surface area contributed by atoms with E-state index < -0.39 is 6.17 Å². The molecule has 3 fully saturated rings. The Labute approximate surface area is 203 Å². The van der Waals surface area contributed by atoms with Crippen LogP contribution in [0.1, 0.15) is 71.1 Å². The summed E-state index contributed by atoms with van der Waals surface area (Å²) in [5.74, 6) is 0.415. The third-order valence-electron chi connectivity index (χ3n) is 9.05. The first kappa shape index (κ1) is 23.8. The Morgan fingerprint density at radius 1 is 1.06 bits per heavy atom. The van der Waals surface area contributed by atoms with E-state index in [2.05, 4.69) is 4.90 Å². The summed E-state index contributed by atoms with van der Waals surface area (Å²) < 4.78 is 19.6. The molecule has 34 heavy (non-hydrogen) atoms. The van der Waals surface area contributed by atoms with Gasteiger partial charge in [-0.25, -0.2) is 9.18 Å². The maximum absolute atomic E-state index is 14.5. The van der Waals surface area contributed by atoms with Crippen molar-refractivity contribution < 1.29 is 18.7 Å². The fourth-order valence-corrected chi connectivity index (χ4v) is 7.06. The molecule has 1 saturated carbocycles. The van der Waals surface area contributed by atoms with Gasteiger partial charge in [-0.05, 0) is 76.3 Å². The van der Waals surface area contributed by atoms with Crippen LogP contribution in [0, 0.1) is 11.3 Å². The van der Waals surface area contributed by atoms with Crippen LogP contribution in [0.4, 0.5) is 9.18 Å². The highest BCUT2D eigenvalue weighted by Crippen LogP contribution is 2.51. The third kappa shape index (κ3) is 4.52. The quantitative estimate of drug-likeness (QED) is 0.598. The summed E-state index contributed by atoms with van der Waals surface area (Å²) in [6.07, 6.45) is 12.3. The van der Waals surface area contributed by atoms with Gasteiger partial charge in [0.25, 0.3) is 0 Å². The zero-order valence-electron chi connectivity index (χ0n) is 20.6. The monoisotopic (exact) mass is 473 g/mol. The van der Waals surface area contributed by atoms with E-state index in [9.17, 15) is 14.0 Å². The lowest BCUT2D eigenvalue weighted by molar-refractivity contribution is -0.135. The zero-order chi connectivity index (χ0) is 23.7. The van der Waals surface area contributed by atoms with E-state index >= 15 is 0 Å². The van der Waals surface area contributed by atoms with Crippen molar-refractivity contribution in [3.8, 4) is 0 Å². The molecule has 2 aliphatic carbocycles. The van der Waals surface area contributed by atoms with E-state index in [0.29, 0.717) is 19.1 Å². The van der Waals surface area contributed by atoms with Gasteiger partial charge in [0, 0.05) is 49.1 Å². The number of hydrogen-bond acceptors (Lipinski definition) is 4. The first-order valence-corrected chi connectivity index (χ1v) is 13.5. The molecule has 1 atom stereocenters. The molecule has 0 radical (unpaired) electrons. The number of rotatable bonds is 3. The number of piperidine rings is 2. The van der Waals surface area contributed by atoms with Crippen LogP contribution in [0.3, 0.4) is 0 Å². The van der Waals surface area contributed by atoms with Gasteiger partial charge in [-0.15, -0.1) is 0 Å². The highest BCUT2D eigenvalue weighted by molar-refractivity contribution is 5.82. The van der Waals surface area contributed by atoms with Crippen LogP contribution in [0.2, 0.25) is 0 Å². The molecule has 7 heteroatoms. The first-order valence-electron chi connectivity index (χ1n) is 13.5. The van der Waals surface area contributed by atoms with Crippen molar-refractivity contribution in [2.75, 3.05) is 39.3 Å². The molecule has 0 aromatic heterocycles.